The molecule has 1 fully saturated rings. The van der Waals surface area contributed by atoms with E-state index in [2.05, 4.69) is 74.9 Å². The Morgan fingerprint density at radius 3 is 2.45 bits per heavy atom. The summed E-state index contributed by atoms with van der Waals surface area (Å²) in [6.07, 6.45) is 1.05. The van der Waals surface area contributed by atoms with Crippen LogP contribution >= 0.6 is 0 Å². The first-order valence-electron chi connectivity index (χ1n) is 11.3. The summed E-state index contributed by atoms with van der Waals surface area (Å²) < 4.78 is 0. The molecule has 0 aromatic heterocycles. The van der Waals surface area contributed by atoms with E-state index in [9.17, 15) is 5.11 Å². The van der Waals surface area contributed by atoms with Crippen molar-refractivity contribution in [2.24, 2.45) is 4.99 Å². The number of rotatable bonds is 9. The predicted octanol–water partition coefficient (Wildman–Crippen LogP) is 2.31. The average molecular weight is 424 g/mol. The van der Waals surface area contributed by atoms with E-state index in [1.807, 2.05) is 18.2 Å². The molecule has 6 heteroatoms. The monoisotopic (exact) mass is 423 g/mol. The predicted molar refractivity (Wildman–Crippen MR) is 129 cm³/mol. The van der Waals surface area contributed by atoms with Crippen LogP contribution < -0.4 is 10.6 Å². The first-order valence-corrected chi connectivity index (χ1v) is 11.3. The number of benzene rings is 2. The van der Waals surface area contributed by atoms with E-state index >= 15 is 0 Å². The summed E-state index contributed by atoms with van der Waals surface area (Å²) in [5.74, 6) is 0.837. The summed E-state index contributed by atoms with van der Waals surface area (Å²) in [5.41, 5.74) is 2.53. The first-order chi connectivity index (χ1) is 15.2. The minimum Gasteiger partial charge on any atom is -0.396 e. The lowest BCUT2D eigenvalue weighted by molar-refractivity contribution is 0.0891. The summed E-state index contributed by atoms with van der Waals surface area (Å²) >= 11 is 0. The van der Waals surface area contributed by atoms with Crippen molar-refractivity contribution in [3.05, 3.63) is 71.8 Å². The fourth-order valence-corrected chi connectivity index (χ4v) is 4.16. The first kappa shape index (κ1) is 23.3. The van der Waals surface area contributed by atoms with E-state index in [0.29, 0.717) is 12.6 Å². The van der Waals surface area contributed by atoms with Gasteiger partial charge in [0.2, 0.25) is 0 Å². The zero-order chi connectivity index (χ0) is 21.9. The molecule has 2 aromatic rings. The maximum absolute atomic E-state index is 9.75. The minimum absolute atomic E-state index is 0.0525. The van der Waals surface area contributed by atoms with Gasteiger partial charge in [-0.15, -0.1) is 0 Å². The number of aliphatic imine (C=N–C) groups is 1. The number of nitrogens with zero attached hydrogens (tertiary/aromatic N) is 3. The van der Waals surface area contributed by atoms with Gasteiger partial charge < -0.3 is 20.6 Å². The van der Waals surface area contributed by atoms with Crippen molar-refractivity contribution in [1.29, 1.82) is 0 Å². The fourth-order valence-electron chi connectivity index (χ4n) is 4.16. The summed E-state index contributed by atoms with van der Waals surface area (Å²) in [6, 6.07) is 21.4. The molecule has 2 unspecified atom stereocenters. The molecule has 1 aliphatic rings. The van der Waals surface area contributed by atoms with Gasteiger partial charge in [0, 0.05) is 58.3 Å². The second-order valence-corrected chi connectivity index (χ2v) is 8.25. The number of aliphatic hydroxyl groups excluding tert-OH is 1. The molecule has 6 nitrogen and oxygen atoms in total. The van der Waals surface area contributed by atoms with E-state index in [1.54, 1.807) is 7.05 Å². The van der Waals surface area contributed by atoms with Gasteiger partial charge in [-0.2, -0.15) is 0 Å². The second-order valence-electron chi connectivity index (χ2n) is 8.25. The van der Waals surface area contributed by atoms with Crippen LogP contribution in [0.2, 0.25) is 0 Å². The van der Waals surface area contributed by atoms with Gasteiger partial charge >= 0.3 is 0 Å². The van der Waals surface area contributed by atoms with E-state index in [1.165, 1.54) is 5.56 Å². The molecule has 3 rings (SSSR count). The van der Waals surface area contributed by atoms with E-state index in [4.69, 9.17) is 0 Å². The van der Waals surface area contributed by atoms with E-state index < -0.39 is 0 Å². The van der Waals surface area contributed by atoms with Crippen LogP contribution in [-0.2, 0) is 0 Å². The van der Waals surface area contributed by atoms with Crippen molar-refractivity contribution >= 4 is 5.96 Å². The molecule has 0 saturated carbocycles. The Morgan fingerprint density at radius 2 is 1.77 bits per heavy atom. The summed E-state index contributed by atoms with van der Waals surface area (Å²) in [4.78, 5) is 9.36. The number of likely N-dealkylation sites (N-methyl/N-ethyl adjacent to an activating group) is 1. The van der Waals surface area contributed by atoms with Crippen molar-refractivity contribution in [2.75, 3.05) is 60.0 Å². The van der Waals surface area contributed by atoms with E-state index in [0.717, 1.165) is 50.7 Å². The Bertz CT molecular complexity index is 783. The lowest BCUT2D eigenvalue weighted by Gasteiger charge is -2.40. The fraction of sp³-hybridized carbons (Fsp3) is 0.480. The second kappa shape index (κ2) is 12.4. The van der Waals surface area contributed by atoms with Gasteiger partial charge in [0.15, 0.2) is 5.96 Å². The molecule has 31 heavy (non-hydrogen) atoms. The summed E-state index contributed by atoms with van der Waals surface area (Å²) in [6.45, 7) is 5.96. The molecule has 0 radical (unpaired) electrons. The third-order valence-corrected chi connectivity index (χ3v) is 6.02. The summed E-state index contributed by atoms with van der Waals surface area (Å²) in [7, 11) is 4.00. The third kappa shape index (κ3) is 7.06. The van der Waals surface area contributed by atoms with Crippen LogP contribution in [0.25, 0.3) is 0 Å². The smallest absolute Gasteiger partial charge is 0.191 e. The topological polar surface area (TPSA) is 63.1 Å². The maximum atomic E-state index is 9.75. The average Bonchev–Trinajstić information content (AvgIpc) is 2.82. The van der Waals surface area contributed by atoms with Crippen molar-refractivity contribution in [1.82, 2.24) is 20.4 Å². The Morgan fingerprint density at radius 1 is 1.06 bits per heavy atom. The Kier molecular flexibility index (Phi) is 9.34. The molecule has 0 spiro atoms. The standard InChI is InChI=1S/C25H37N5O/c1-26-25(28-18-23(20-31)21-10-5-3-6-11-21)27-14-9-15-30-17-16-29(2)19-24(30)22-12-7-4-8-13-22/h3-8,10-13,23-24,31H,9,14-20H2,1-2H3,(H2,26,27,28). The zero-order valence-electron chi connectivity index (χ0n) is 18.9. The molecular formula is C25H37N5O. The van der Waals surface area contributed by atoms with Crippen LogP contribution in [-0.4, -0.2) is 80.8 Å². The van der Waals surface area contributed by atoms with Gasteiger partial charge in [-0.3, -0.25) is 9.89 Å². The van der Waals surface area contributed by atoms with Gasteiger partial charge in [-0.25, -0.2) is 0 Å². The number of guanidine groups is 1. The molecule has 0 bridgehead atoms. The molecule has 1 aliphatic heterocycles. The van der Waals surface area contributed by atoms with Crippen molar-refractivity contribution < 1.29 is 5.11 Å². The van der Waals surface area contributed by atoms with E-state index in [-0.39, 0.29) is 12.5 Å². The molecule has 0 amide bonds. The van der Waals surface area contributed by atoms with Crippen LogP contribution in [0.3, 0.4) is 0 Å². The molecular weight excluding hydrogens is 386 g/mol. The number of nitrogens with one attached hydrogen (secondary N) is 2. The van der Waals surface area contributed by atoms with Crippen molar-refractivity contribution in [3.8, 4) is 0 Å². The number of hydrogen-bond donors (Lipinski definition) is 3. The van der Waals surface area contributed by atoms with Gasteiger partial charge in [-0.05, 0) is 24.6 Å². The highest BCUT2D eigenvalue weighted by atomic mass is 16.3. The highest BCUT2D eigenvalue weighted by Crippen LogP contribution is 2.24. The lowest BCUT2D eigenvalue weighted by atomic mass is 10.0. The third-order valence-electron chi connectivity index (χ3n) is 6.02. The van der Waals surface area contributed by atoms with Crippen LogP contribution in [0.15, 0.2) is 65.7 Å². The lowest BCUT2D eigenvalue weighted by Crippen LogP contribution is -2.47. The highest BCUT2D eigenvalue weighted by Gasteiger charge is 2.25. The Balaban J connectivity index is 1.44. The Hall–Kier alpha value is -2.41. The van der Waals surface area contributed by atoms with Crippen LogP contribution in [0.1, 0.15) is 29.5 Å². The molecule has 1 saturated heterocycles. The number of aliphatic hydroxyl groups is 1. The van der Waals surface area contributed by atoms with Gasteiger partial charge in [0.25, 0.3) is 0 Å². The molecule has 2 atom stereocenters. The maximum Gasteiger partial charge on any atom is 0.191 e. The largest absolute Gasteiger partial charge is 0.396 e. The van der Waals surface area contributed by atoms with Crippen LogP contribution in [0.5, 0.6) is 0 Å². The van der Waals surface area contributed by atoms with Gasteiger partial charge in [0.05, 0.1) is 6.61 Å². The molecule has 2 aromatic carbocycles. The quantitative estimate of drug-likeness (QED) is 0.328. The number of hydrogen-bond acceptors (Lipinski definition) is 4. The minimum atomic E-state index is 0.0525. The molecule has 0 aliphatic carbocycles. The van der Waals surface area contributed by atoms with Gasteiger partial charge in [-0.1, -0.05) is 60.7 Å². The van der Waals surface area contributed by atoms with Crippen LogP contribution in [0, 0.1) is 0 Å². The van der Waals surface area contributed by atoms with Gasteiger partial charge in [0.1, 0.15) is 0 Å². The van der Waals surface area contributed by atoms with Crippen molar-refractivity contribution in [2.45, 2.75) is 18.4 Å². The van der Waals surface area contributed by atoms with Crippen molar-refractivity contribution in [3.63, 3.8) is 0 Å². The zero-order valence-corrected chi connectivity index (χ0v) is 18.9. The number of piperazine rings is 1. The Labute approximate surface area is 187 Å². The van der Waals surface area contributed by atoms with Crippen LogP contribution in [0.4, 0.5) is 0 Å². The molecule has 1 heterocycles. The molecule has 3 N–H and O–H groups in total. The SMILES string of the molecule is CN=C(NCCCN1CCN(C)CC1c1ccccc1)NCC(CO)c1ccccc1. The summed E-state index contributed by atoms with van der Waals surface area (Å²) in [5, 5.41) is 16.5. The molecule has 168 valence electrons. The highest BCUT2D eigenvalue weighted by molar-refractivity contribution is 5.79. The normalized spacial score (nSPS) is 19.2.